The first-order chi connectivity index (χ1) is 7.74. The lowest BCUT2D eigenvalue weighted by Crippen LogP contribution is -2.32. The molecule has 0 aliphatic carbocycles. The van der Waals surface area contributed by atoms with E-state index in [1.54, 1.807) is 12.1 Å². The predicted octanol–water partition coefficient (Wildman–Crippen LogP) is 2.31. The van der Waals surface area contributed by atoms with E-state index >= 15 is 0 Å². The molecule has 0 radical (unpaired) electrons. The standard InChI is InChI=1S/C11H16ClN3O.2ClH/c1-2-5-13-6-7-14-11(16)10-4-3-9(12)8-15-10;;/h3-4,8,13H,2,5-7H2,1H3,(H,14,16);2*1H. The number of carbonyl (C=O) groups excluding carboxylic acids is 1. The van der Waals surface area contributed by atoms with Crippen molar-refractivity contribution in [1.29, 1.82) is 0 Å². The fourth-order valence-corrected chi connectivity index (χ4v) is 1.28. The molecule has 0 unspecified atom stereocenters. The third-order valence-electron chi connectivity index (χ3n) is 1.97. The molecule has 0 spiro atoms. The van der Waals surface area contributed by atoms with Gasteiger partial charge >= 0.3 is 0 Å². The molecule has 1 aromatic heterocycles. The molecular formula is C11H18Cl3N3O. The van der Waals surface area contributed by atoms with Crippen molar-refractivity contribution < 1.29 is 4.79 Å². The van der Waals surface area contributed by atoms with Crippen molar-refractivity contribution in [3.63, 3.8) is 0 Å². The number of nitrogens with one attached hydrogen (secondary N) is 2. The lowest BCUT2D eigenvalue weighted by Gasteiger charge is -2.05. The average molecular weight is 315 g/mol. The van der Waals surface area contributed by atoms with Crippen molar-refractivity contribution in [3.8, 4) is 0 Å². The van der Waals surface area contributed by atoms with Crippen LogP contribution in [0.15, 0.2) is 18.3 Å². The van der Waals surface area contributed by atoms with E-state index < -0.39 is 0 Å². The summed E-state index contributed by atoms with van der Waals surface area (Å²) in [5.41, 5.74) is 0.389. The van der Waals surface area contributed by atoms with Crippen LogP contribution in [-0.2, 0) is 0 Å². The first-order valence-corrected chi connectivity index (χ1v) is 5.72. The Hall–Kier alpha value is -0.550. The maximum atomic E-state index is 11.5. The fraction of sp³-hybridized carbons (Fsp3) is 0.455. The zero-order valence-electron chi connectivity index (χ0n) is 10.1. The zero-order valence-corrected chi connectivity index (χ0v) is 12.5. The van der Waals surface area contributed by atoms with Crippen LogP contribution in [0.5, 0.6) is 0 Å². The van der Waals surface area contributed by atoms with Gasteiger partial charge in [-0.2, -0.15) is 0 Å². The fourth-order valence-electron chi connectivity index (χ4n) is 1.17. The molecule has 0 aliphatic rings. The summed E-state index contributed by atoms with van der Waals surface area (Å²) < 4.78 is 0. The summed E-state index contributed by atoms with van der Waals surface area (Å²) in [5, 5.41) is 6.49. The van der Waals surface area contributed by atoms with Crippen LogP contribution >= 0.6 is 36.4 Å². The number of amides is 1. The van der Waals surface area contributed by atoms with Gasteiger partial charge in [-0.15, -0.1) is 24.8 Å². The number of halogens is 3. The summed E-state index contributed by atoms with van der Waals surface area (Å²) in [4.78, 5) is 15.5. The highest BCUT2D eigenvalue weighted by Gasteiger charge is 2.05. The lowest BCUT2D eigenvalue weighted by molar-refractivity contribution is 0.0949. The van der Waals surface area contributed by atoms with Gasteiger partial charge in [-0.05, 0) is 25.1 Å². The molecule has 0 bridgehead atoms. The number of rotatable bonds is 6. The van der Waals surface area contributed by atoms with Crippen molar-refractivity contribution in [3.05, 3.63) is 29.0 Å². The lowest BCUT2D eigenvalue weighted by atomic mass is 10.3. The second-order valence-electron chi connectivity index (χ2n) is 3.37. The Morgan fingerprint density at radius 2 is 2.00 bits per heavy atom. The van der Waals surface area contributed by atoms with Gasteiger partial charge in [0.25, 0.3) is 5.91 Å². The minimum Gasteiger partial charge on any atom is -0.349 e. The molecule has 7 heteroatoms. The van der Waals surface area contributed by atoms with Gasteiger partial charge in [0.05, 0.1) is 5.02 Å². The largest absolute Gasteiger partial charge is 0.349 e. The summed E-state index contributed by atoms with van der Waals surface area (Å²) >= 11 is 5.67. The summed E-state index contributed by atoms with van der Waals surface area (Å²) in [6, 6.07) is 3.26. The predicted molar refractivity (Wildman–Crippen MR) is 79.2 cm³/mol. The van der Waals surface area contributed by atoms with E-state index in [0.29, 0.717) is 17.3 Å². The maximum Gasteiger partial charge on any atom is 0.269 e. The highest BCUT2D eigenvalue weighted by molar-refractivity contribution is 6.30. The molecule has 104 valence electrons. The monoisotopic (exact) mass is 313 g/mol. The van der Waals surface area contributed by atoms with Crippen LogP contribution in [0.25, 0.3) is 0 Å². The molecule has 18 heavy (non-hydrogen) atoms. The van der Waals surface area contributed by atoms with Gasteiger partial charge < -0.3 is 10.6 Å². The normalized spacial score (nSPS) is 9.00. The second kappa shape index (κ2) is 11.5. The summed E-state index contributed by atoms with van der Waals surface area (Å²) in [6.45, 7) is 4.44. The minimum absolute atomic E-state index is 0. The van der Waals surface area contributed by atoms with Gasteiger partial charge in [0.15, 0.2) is 0 Å². The van der Waals surface area contributed by atoms with Crippen LogP contribution in [0.4, 0.5) is 0 Å². The van der Waals surface area contributed by atoms with Crippen LogP contribution < -0.4 is 10.6 Å². The highest BCUT2D eigenvalue weighted by atomic mass is 35.5. The number of hydrogen-bond donors (Lipinski definition) is 2. The molecular weight excluding hydrogens is 296 g/mol. The Morgan fingerprint density at radius 3 is 2.56 bits per heavy atom. The Bertz CT molecular complexity index is 333. The van der Waals surface area contributed by atoms with Crippen molar-refractivity contribution in [2.45, 2.75) is 13.3 Å². The average Bonchev–Trinajstić information content (AvgIpc) is 2.29. The number of hydrogen-bond acceptors (Lipinski definition) is 3. The molecule has 0 aliphatic heterocycles. The molecule has 1 aromatic rings. The Morgan fingerprint density at radius 1 is 1.28 bits per heavy atom. The molecule has 0 aromatic carbocycles. The topological polar surface area (TPSA) is 54.0 Å². The van der Waals surface area contributed by atoms with E-state index in [0.717, 1.165) is 19.5 Å². The first-order valence-electron chi connectivity index (χ1n) is 5.34. The third kappa shape index (κ3) is 7.71. The SMILES string of the molecule is CCCNCCNC(=O)c1ccc(Cl)cn1.Cl.Cl. The van der Waals surface area contributed by atoms with Crippen LogP contribution in [0.1, 0.15) is 23.8 Å². The molecule has 0 fully saturated rings. The van der Waals surface area contributed by atoms with Crippen LogP contribution in [0.2, 0.25) is 5.02 Å². The maximum absolute atomic E-state index is 11.5. The van der Waals surface area contributed by atoms with E-state index in [1.807, 2.05) is 0 Å². The summed E-state index contributed by atoms with van der Waals surface area (Å²) in [6.07, 6.45) is 2.55. The molecule has 4 nitrogen and oxygen atoms in total. The van der Waals surface area contributed by atoms with Crippen molar-refractivity contribution in [1.82, 2.24) is 15.6 Å². The zero-order chi connectivity index (χ0) is 11.8. The first kappa shape index (κ1) is 19.8. The molecule has 0 atom stereocenters. The Labute approximate surface area is 125 Å². The van der Waals surface area contributed by atoms with Crippen molar-refractivity contribution >= 4 is 42.3 Å². The number of aromatic nitrogens is 1. The smallest absolute Gasteiger partial charge is 0.269 e. The molecule has 1 rings (SSSR count). The van der Waals surface area contributed by atoms with Crippen LogP contribution in [-0.4, -0.2) is 30.5 Å². The molecule has 1 amide bonds. The van der Waals surface area contributed by atoms with E-state index in [9.17, 15) is 4.79 Å². The van der Waals surface area contributed by atoms with E-state index in [4.69, 9.17) is 11.6 Å². The van der Waals surface area contributed by atoms with Gasteiger partial charge in [-0.25, -0.2) is 4.98 Å². The van der Waals surface area contributed by atoms with Crippen molar-refractivity contribution in [2.75, 3.05) is 19.6 Å². The molecule has 0 saturated carbocycles. The quantitative estimate of drug-likeness (QED) is 0.792. The van der Waals surface area contributed by atoms with Crippen molar-refractivity contribution in [2.24, 2.45) is 0 Å². The molecule has 2 N–H and O–H groups in total. The number of pyridine rings is 1. The van der Waals surface area contributed by atoms with E-state index in [2.05, 4.69) is 22.5 Å². The van der Waals surface area contributed by atoms with Crippen LogP contribution in [0, 0.1) is 0 Å². The van der Waals surface area contributed by atoms with Gasteiger partial charge in [0.1, 0.15) is 5.69 Å². The van der Waals surface area contributed by atoms with E-state index in [-0.39, 0.29) is 30.7 Å². The summed E-state index contributed by atoms with van der Waals surface area (Å²) in [7, 11) is 0. The Balaban J connectivity index is 0. The van der Waals surface area contributed by atoms with Crippen LogP contribution in [0.3, 0.4) is 0 Å². The van der Waals surface area contributed by atoms with Gasteiger partial charge in [-0.3, -0.25) is 4.79 Å². The molecule has 1 heterocycles. The van der Waals surface area contributed by atoms with Gasteiger partial charge in [0, 0.05) is 19.3 Å². The molecule has 0 saturated heterocycles. The van der Waals surface area contributed by atoms with Gasteiger partial charge in [0.2, 0.25) is 0 Å². The van der Waals surface area contributed by atoms with Gasteiger partial charge in [-0.1, -0.05) is 18.5 Å². The summed E-state index contributed by atoms with van der Waals surface area (Å²) in [5.74, 6) is -0.171. The minimum atomic E-state index is -0.171. The third-order valence-corrected chi connectivity index (χ3v) is 2.20. The van der Waals surface area contributed by atoms with E-state index in [1.165, 1.54) is 6.20 Å². The second-order valence-corrected chi connectivity index (χ2v) is 3.80. The number of carbonyl (C=O) groups is 1. The highest BCUT2D eigenvalue weighted by Crippen LogP contribution is 2.05. The number of nitrogens with zero attached hydrogens (tertiary/aromatic N) is 1. The Kier molecular flexibility index (Phi) is 12.7.